The van der Waals surface area contributed by atoms with E-state index in [0.29, 0.717) is 24.3 Å². The van der Waals surface area contributed by atoms with E-state index in [2.05, 4.69) is 0 Å². The van der Waals surface area contributed by atoms with E-state index < -0.39 is 0 Å². The zero-order chi connectivity index (χ0) is 13.8. The number of carbonyl (C=O) groups excluding carboxylic acids is 1. The van der Waals surface area contributed by atoms with Gasteiger partial charge in [0.15, 0.2) is 0 Å². The van der Waals surface area contributed by atoms with Crippen LogP contribution in [0, 0.1) is 0 Å². The number of methoxy groups -OCH3 is 2. The van der Waals surface area contributed by atoms with Crippen molar-refractivity contribution in [2.24, 2.45) is 0 Å². The lowest BCUT2D eigenvalue weighted by molar-refractivity contribution is 0.0647. The van der Waals surface area contributed by atoms with E-state index in [0.717, 1.165) is 0 Å². The summed E-state index contributed by atoms with van der Waals surface area (Å²) in [6.45, 7) is 0.466. The van der Waals surface area contributed by atoms with Gasteiger partial charge in [0.1, 0.15) is 5.75 Å². The fourth-order valence-electron chi connectivity index (χ4n) is 2.39. The molecule has 0 aliphatic carbocycles. The van der Waals surface area contributed by atoms with Crippen LogP contribution in [-0.2, 0) is 4.74 Å². The SMILES string of the molecule is COc1cccc(C(=O)N2C[C@H](OC)C[C@H]2CO)c1. The molecule has 0 aromatic heterocycles. The van der Waals surface area contributed by atoms with Crippen LogP contribution in [0.5, 0.6) is 5.75 Å². The number of ether oxygens (including phenoxy) is 2. The summed E-state index contributed by atoms with van der Waals surface area (Å²) in [6.07, 6.45) is 0.662. The molecule has 0 bridgehead atoms. The average molecular weight is 265 g/mol. The van der Waals surface area contributed by atoms with E-state index in [1.807, 2.05) is 0 Å². The first-order chi connectivity index (χ1) is 9.19. The second-order valence-corrected chi connectivity index (χ2v) is 4.62. The smallest absolute Gasteiger partial charge is 0.254 e. The number of aliphatic hydroxyl groups is 1. The summed E-state index contributed by atoms with van der Waals surface area (Å²) in [5.74, 6) is 0.548. The first kappa shape index (κ1) is 13.8. The number of aliphatic hydroxyl groups excluding tert-OH is 1. The molecule has 1 saturated heterocycles. The van der Waals surface area contributed by atoms with Crippen molar-refractivity contribution in [3.05, 3.63) is 29.8 Å². The highest BCUT2D eigenvalue weighted by molar-refractivity contribution is 5.95. The van der Waals surface area contributed by atoms with Gasteiger partial charge in [-0.25, -0.2) is 0 Å². The molecule has 0 unspecified atom stereocenters. The molecule has 0 saturated carbocycles. The van der Waals surface area contributed by atoms with Crippen LogP contribution in [0.15, 0.2) is 24.3 Å². The molecule has 0 spiro atoms. The summed E-state index contributed by atoms with van der Waals surface area (Å²) >= 11 is 0. The standard InChI is InChI=1S/C14H19NO4/c1-18-12-5-3-4-10(6-12)14(17)15-8-13(19-2)7-11(15)9-16/h3-6,11,13,16H,7-9H2,1-2H3/t11-,13+/m0/s1. The number of likely N-dealkylation sites (tertiary alicyclic amines) is 1. The minimum Gasteiger partial charge on any atom is -0.497 e. The Hall–Kier alpha value is -1.59. The van der Waals surface area contributed by atoms with Gasteiger partial charge in [-0.2, -0.15) is 0 Å². The molecule has 0 radical (unpaired) electrons. The van der Waals surface area contributed by atoms with Crippen LogP contribution in [0.3, 0.4) is 0 Å². The third-order valence-electron chi connectivity index (χ3n) is 3.50. The van der Waals surface area contributed by atoms with Gasteiger partial charge in [-0.1, -0.05) is 6.07 Å². The number of amides is 1. The minimum absolute atomic E-state index is 0.00768. The number of hydrogen-bond acceptors (Lipinski definition) is 4. The Kier molecular flexibility index (Phi) is 4.39. The van der Waals surface area contributed by atoms with Crippen molar-refractivity contribution in [3.8, 4) is 5.75 Å². The summed E-state index contributed by atoms with van der Waals surface area (Å²) in [6, 6.07) is 6.85. The van der Waals surface area contributed by atoms with Gasteiger partial charge in [-0.3, -0.25) is 4.79 Å². The van der Waals surface area contributed by atoms with Gasteiger partial charge in [0.25, 0.3) is 5.91 Å². The van der Waals surface area contributed by atoms with Crippen LogP contribution < -0.4 is 4.74 Å². The molecular weight excluding hydrogens is 246 g/mol. The average Bonchev–Trinajstić information content (AvgIpc) is 2.89. The molecule has 1 heterocycles. The third kappa shape index (κ3) is 2.88. The van der Waals surface area contributed by atoms with Gasteiger partial charge in [0, 0.05) is 19.2 Å². The van der Waals surface area contributed by atoms with Crippen LogP contribution in [0.2, 0.25) is 0 Å². The largest absolute Gasteiger partial charge is 0.497 e. The molecule has 1 fully saturated rings. The van der Waals surface area contributed by atoms with Gasteiger partial charge in [-0.05, 0) is 24.6 Å². The molecule has 2 atom stereocenters. The van der Waals surface area contributed by atoms with E-state index >= 15 is 0 Å². The van der Waals surface area contributed by atoms with Crippen molar-refractivity contribution in [2.45, 2.75) is 18.6 Å². The summed E-state index contributed by atoms with van der Waals surface area (Å²) in [5.41, 5.74) is 0.564. The molecule has 5 nitrogen and oxygen atoms in total. The number of hydrogen-bond donors (Lipinski definition) is 1. The van der Waals surface area contributed by atoms with E-state index in [9.17, 15) is 9.90 Å². The Morgan fingerprint density at radius 3 is 2.89 bits per heavy atom. The molecule has 19 heavy (non-hydrogen) atoms. The Morgan fingerprint density at radius 2 is 2.26 bits per heavy atom. The predicted molar refractivity (Wildman–Crippen MR) is 70.3 cm³/mol. The summed E-state index contributed by atoms with van der Waals surface area (Å²) in [4.78, 5) is 14.1. The predicted octanol–water partition coefficient (Wildman–Crippen LogP) is 0.917. The quantitative estimate of drug-likeness (QED) is 0.879. The molecule has 1 amide bonds. The molecule has 1 aromatic rings. The van der Waals surface area contributed by atoms with Gasteiger partial charge >= 0.3 is 0 Å². The van der Waals surface area contributed by atoms with Crippen molar-refractivity contribution in [1.29, 1.82) is 0 Å². The normalized spacial score (nSPS) is 22.6. The Bertz CT molecular complexity index is 449. The molecule has 1 aromatic carbocycles. The number of carbonyl (C=O) groups is 1. The lowest BCUT2D eigenvalue weighted by Crippen LogP contribution is -2.38. The van der Waals surface area contributed by atoms with Crippen LogP contribution in [0.4, 0.5) is 0 Å². The highest BCUT2D eigenvalue weighted by Gasteiger charge is 2.35. The van der Waals surface area contributed by atoms with E-state index in [1.165, 1.54) is 0 Å². The maximum atomic E-state index is 12.4. The Labute approximate surface area is 112 Å². The molecule has 2 rings (SSSR count). The molecule has 1 aliphatic rings. The number of benzene rings is 1. The summed E-state index contributed by atoms with van der Waals surface area (Å²) < 4.78 is 10.4. The fraction of sp³-hybridized carbons (Fsp3) is 0.500. The van der Waals surface area contributed by atoms with Crippen molar-refractivity contribution in [2.75, 3.05) is 27.4 Å². The van der Waals surface area contributed by atoms with E-state index in [-0.39, 0.29) is 24.7 Å². The highest BCUT2D eigenvalue weighted by atomic mass is 16.5. The van der Waals surface area contributed by atoms with Crippen LogP contribution >= 0.6 is 0 Å². The zero-order valence-electron chi connectivity index (χ0n) is 11.2. The topological polar surface area (TPSA) is 59.0 Å². The zero-order valence-corrected chi connectivity index (χ0v) is 11.2. The first-order valence-corrected chi connectivity index (χ1v) is 6.28. The summed E-state index contributed by atoms with van der Waals surface area (Å²) in [7, 11) is 3.19. The van der Waals surface area contributed by atoms with E-state index in [4.69, 9.17) is 9.47 Å². The third-order valence-corrected chi connectivity index (χ3v) is 3.50. The first-order valence-electron chi connectivity index (χ1n) is 6.28. The van der Waals surface area contributed by atoms with Gasteiger partial charge in [0.2, 0.25) is 0 Å². The molecular formula is C14H19NO4. The number of rotatable bonds is 4. The molecule has 104 valence electrons. The van der Waals surface area contributed by atoms with Crippen LogP contribution in [0.25, 0.3) is 0 Å². The van der Waals surface area contributed by atoms with Gasteiger partial charge in [-0.15, -0.1) is 0 Å². The van der Waals surface area contributed by atoms with Gasteiger partial charge < -0.3 is 19.5 Å². The minimum atomic E-state index is -0.177. The van der Waals surface area contributed by atoms with Crippen molar-refractivity contribution in [3.63, 3.8) is 0 Å². The summed E-state index contributed by atoms with van der Waals surface area (Å²) in [5, 5.41) is 9.37. The fourth-order valence-corrected chi connectivity index (χ4v) is 2.39. The van der Waals surface area contributed by atoms with Crippen molar-refractivity contribution >= 4 is 5.91 Å². The molecule has 1 N–H and O–H groups in total. The number of nitrogens with zero attached hydrogens (tertiary/aromatic N) is 1. The lowest BCUT2D eigenvalue weighted by atomic mass is 10.1. The van der Waals surface area contributed by atoms with E-state index in [1.54, 1.807) is 43.4 Å². The maximum absolute atomic E-state index is 12.4. The van der Waals surface area contributed by atoms with Crippen LogP contribution in [0.1, 0.15) is 16.8 Å². The van der Waals surface area contributed by atoms with Gasteiger partial charge in [0.05, 0.1) is 25.9 Å². The van der Waals surface area contributed by atoms with Crippen molar-refractivity contribution < 1.29 is 19.4 Å². The lowest BCUT2D eigenvalue weighted by Gasteiger charge is -2.22. The van der Waals surface area contributed by atoms with Crippen LogP contribution in [-0.4, -0.2) is 55.4 Å². The monoisotopic (exact) mass is 265 g/mol. The Morgan fingerprint density at radius 1 is 1.47 bits per heavy atom. The molecule has 5 heteroatoms. The second kappa shape index (κ2) is 6.04. The Balaban J connectivity index is 2.18. The highest BCUT2D eigenvalue weighted by Crippen LogP contribution is 2.23. The maximum Gasteiger partial charge on any atom is 0.254 e. The van der Waals surface area contributed by atoms with Crippen molar-refractivity contribution in [1.82, 2.24) is 4.90 Å². The second-order valence-electron chi connectivity index (χ2n) is 4.62. The molecule has 1 aliphatic heterocycles.